The van der Waals surface area contributed by atoms with Gasteiger partial charge in [-0.1, -0.05) is 37.1 Å². The minimum absolute atomic E-state index is 1.88. The molecule has 0 saturated heterocycles. The summed E-state index contributed by atoms with van der Waals surface area (Å²) in [4.78, 5) is 0. The van der Waals surface area contributed by atoms with Crippen LogP contribution >= 0.6 is 59.2 Å². The zero-order chi connectivity index (χ0) is 4.50. The van der Waals surface area contributed by atoms with Gasteiger partial charge in [-0.05, 0) is 0 Å². The minimum atomic E-state index is -1.88. The highest BCUT2D eigenvalue weighted by Crippen LogP contribution is 2.29. The number of hydrogen-bond acceptors (Lipinski definition) is 0. The second-order valence-corrected chi connectivity index (χ2v) is 24.7. The van der Waals surface area contributed by atoms with Gasteiger partial charge in [-0.25, -0.2) is 0 Å². The Morgan fingerprint density at radius 1 is 1.60 bits per heavy atom. The molecule has 0 bridgehead atoms. The maximum Gasteiger partial charge on any atom is 0.381 e. The highest BCUT2D eigenvalue weighted by Gasteiger charge is 2.16. The van der Waals surface area contributed by atoms with E-state index in [0.717, 1.165) is 0 Å². The topological polar surface area (TPSA) is 0 Å². The maximum absolute atomic E-state index is 5.34. The van der Waals surface area contributed by atoms with E-state index in [1.165, 1.54) is 0 Å². The van der Waals surface area contributed by atoms with Crippen molar-refractivity contribution in [1.29, 1.82) is 0 Å². The Balaban J connectivity index is 3.02. The Morgan fingerprint density at radius 2 is 1.60 bits per heavy atom. The van der Waals surface area contributed by atoms with Crippen molar-refractivity contribution in [2.24, 2.45) is 0 Å². The van der Waals surface area contributed by atoms with Gasteiger partial charge >= 0.3 is 2.81 Å². The van der Waals surface area contributed by atoms with Crippen LogP contribution in [0, 0.1) is 0 Å². The quantitative estimate of drug-likeness (QED) is 0.367. The standard InChI is InChI=1S/BrCl2ISi/c1-5(2,3)4. The highest BCUT2D eigenvalue weighted by atomic mass is 127. The van der Waals surface area contributed by atoms with Gasteiger partial charge in [-0.3, -0.25) is 0 Å². The third kappa shape index (κ3) is 23.9. The van der Waals surface area contributed by atoms with Crippen LogP contribution in [-0.2, 0) is 0 Å². The largest absolute Gasteiger partial charge is 0.381 e. The van der Waals surface area contributed by atoms with Gasteiger partial charge in [0.25, 0.3) is 0 Å². The molecule has 0 rings (SSSR count). The van der Waals surface area contributed by atoms with Crippen LogP contribution in [0.25, 0.3) is 0 Å². The molecule has 0 radical (unpaired) electrons. The van der Waals surface area contributed by atoms with E-state index in [9.17, 15) is 0 Å². The summed E-state index contributed by atoms with van der Waals surface area (Å²) < 4.78 is -1.88. The lowest BCUT2D eigenvalue weighted by Crippen LogP contribution is -1.88. The first-order valence-corrected chi connectivity index (χ1v) is 10.2. The molecular formula is BrCl2ISi. The summed E-state index contributed by atoms with van der Waals surface area (Å²) in [5.74, 6) is 0. The number of rotatable bonds is 0. The van der Waals surface area contributed by atoms with E-state index >= 15 is 0 Å². The Morgan fingerprint density at radius 3 is 1.60 bits per heavy atom. The molecule has 0 N–H and O–H groups in total. The summed E-state index contributed by atoms with van der Waals surface area (Å²) in [6.07, 6.45) is 0. The zero-order valence-corrected chi connectivity index (χ0v) is 8.27. The van der Waals surface area contributed by atoms with Crippen molar-refractivity contribution in [1.82, 2.24) is 0 Å². The molecule has 0 unspecified atom stereocenters. The minimum Gasteiger partial charge on any atom is -0.120 e. The van der Waals surface area contributed by atoms with Crippen molar-refractivity contribution in [3.63, 3.8) is 0 Å². The van der Waals surface area contributed by atoms with Gasteiger partial charge in [-0.2, -0.15) is 0 Å². The van der Waals surface area contributed by atoms with Crippen LogP contribution in [0.15, 0.2) is 0 Å². The summed E-state index contributed by atoms with van der Waals surface area (Å²) in [6, 6.07) is 0. The second-order valence-electron chi connectivity index (χ2n) is 0.429. The fraction of sp³-hybridized carbons (Fsp3) is 0. The summed E-state index contributed by atoms with van der Waals surface area (Å²) in [5, 5.41) is 0. The van der Waals surface area contributed by atoms with Gasteiger partial charge in [0.15, 0.2) is 0 Å². The molecule has 0 heterocycles. The lowest BCUT2D eigenvalue weighted by Gasteiger charge is -1.87. The van der Waals surface area contributed by atoms with Crippen molar-refractivity contribution in [2.75, 3.05) is 0 Å². The number of hydrogen-bond donors (Lipinski definition) is 0. The number of halogens is 4. The third-order valence-electron chi connectivity index (χ3n) is 0. The van der Waals surface area contributed by atoms with Crippen LogP contribution in [0.3, 0.4) is 0 Å². The molecule has 0 aliphatic carbocycles. The first-order chi connectivity index (χ1) is 2.00. The smallest absolute Gasteiger partial charge is 0.120 e. The van der Waals surface area contributed by atoms with Crippen LogP contribution in [0.4, 0.5) is 0 Å². The molecule has 0 atom stereocenters. The summed E-state index contributed by atoms with van der Waals surface area (Å²) >= 11 is 15.7. The first-order valence-electron chi connectivity index (χ1n) is 0.756. The molecule has 0 aliphatic heterocycles. The summed E-state index contributed by atoms with van der Waals surface area (Å²) in [5.41, 5.74) is 0. The summed E-state index contributed by atoms with van der Waals surface area (Å²) in [6.45, 7) is 0. The normalized spacial score (nSPS) is 12.0. The molecule has 5 heteroatoms. The lowest BCUT2D eigenvalue weighted by atomic mass is 27.8. The molecule has 0 aromatic heterocycles. The van der Waals surface area contributed by atoms with Gasteiger partial charge in [0.1, 0.15) is 0 Å². The Bertz CT molecular complexity index is 25.1. The van der Waals surface area contributed by atoms with Gasteiger partial charge < -0.3 is 0 Å². The Hall–Kier alpha value is 2.01. The van der Waals surface area contributed by atoms with Gasteiger partial charge in [-0.15, -0.1) is 22.2 Å². The summed E-state index contributed by atoms with van der Waals surface area (Å²) in [7, 11) is 0. The molecule has 0 aliphatic rings. The van der Waals surface area contributed by atoms with Gasteiger partial charge in [0.05, 0.1) is 0 Å². The fourth-order valence-corrected chi connectivity index (χ4v) is 0. The van der Waals surface area contributed by atoms with Crippen LogP contribution in [0.1, 0.15) is 0 Å². The van der Waals surface area contributed by atoms with Crippen molar-refractivity contribution in [2.45, 2.75) is 0 Å². The lowest BCUT2D eigenvalue weighted by molar-refractivity contribution is 4.22. The predicted molar refractivity (Wildman–Crippen MR) is 40.4 cm³/mol. The van der Waals surface area contributed by atoms with E-state index in [0.29, 0.717) is 0 Å². The molecule has 0 spiro atoms. The zero-order valence-electron chi connectivity index (χ0n) is 2.01. The molecule has 0 amide bonds. The van der Waals surface area contributed by atoms with Crippen molar-refractivity contribution >= 4 is 62.1 Å². The first kappa shape index (κ1) is 7.01. The van der Waals surface area contributed by atoms with Crippen molar-refractivity contribution in [3.8, 4) is 0 Å². The Labute approximate surface area is 61.4 Å². The van der Waals surface area contributed by atoms with E-state index in [2.05, 4.69) is 15.3 Å². The molecular weight excluding hydrogens is 306 g/mol. The second kappa shape index (κ2) is 2.35. The predicted octanol–water partition coefficient (Wildman–Crippen LogP) is 2.73. The van der Waals surface area contributed by atoms with Crippen molar-refractivity contribution in [3.05, 3.63) is 0 Å². The fourth-order valence-electron chi connectivity index (χ4n) is 0. The highest BCUT2D eigenvalue weighted by molar-refractivity contribution is 14.1. The van der Waals surface area contributed by atoms with Crippen LogP contribution in [-0.4, -0.2) is 2.81 Å². The molecule has 0 fully saturated rings. The Kier molecular flexibility index (Phi) is 3.29. The SMILES string of the molecule is Cl[Si](Cl)(Br)I. The van der Waals surface area contributed by atoms with E-state index in [1.54, 1.807) is 0 Å². The molecule has 32 valence electrons. The van der Waals surface area contributed by atoms with E-state index in [1.807, 2.05) is 21.8 Å². The molecule has 0 nitrogen and oxygen atoms in total. The van der Waals surface area contributed by atoms with Gasteiger partial charge in [0.2, 0.25) is 0 Å². The maximum atomic E-state index is 5.34. The van der Waals surface area contributed by atoms with Crippen molar-refractivity contribution < 1.29 is 0 Å². The molecule has 0 saturated carbocycles. The van der Waals surface area contributed by atoms with Crippen LogP contribution in [0.5, 0.6) is 0 Å². The average Bonchev–Trinajstić information content (AvgIpc) is 0.722. The van der Waals surface area contributed by atoms with Crippen LogP contribution < -0.4 is 0 Å². The molecule has 0 aromatic carbocycles. The van der Waals surface area contributed by atoms with E-state index < -0.39 is 2.81 Å². The molecule has 0 aromatic rings. The molecule has 5 heavy (non-hydrogen) atoms. The van der Waals surface area contributed by atoms with Crippen LogP contribution in [0.2, 0.25) is 0 Å². The van der Waals surface area contributed by atoms with E-state index in [4.69, 9.17) is 22.2 Å². The third-order valence-corrected chi connectivity index (χ3v) is 0. The van der Waals surface area contributed by atoms with E-state index in [-0.39, 0.29) is 0 Å². The monoisotopic (exact) mass is 304 g/mol. The average molecular weight is 306 g/mol. The van der Waals surface area contributed by atoms with Gasteiger partial charge in [0, 0.05) is 0 Å².